The van der Waals surface area contributed by atoms with E-state index in [1.54, 1.807) is 6.20 Å². The average Bonchev–Trinajstić information content (AvgIpc) is 1.80. The molecular formula is C6H9ClNO+. The molecule has 0 aromatic rings. The zero-order valence-corrected chi connectivity index (χ0v) is 5.97. The van der Waals surface area contributed by atoms with Gasteiger partial charge in [0.1, 0.15) is 0 Å². The Bertz CT molecular complexity index is 174. The van der Waals surface area contributed by atoms with Crippen molar-refractivity contribution in [3.05, 3.63) is 12.3 Å². The number of hydrogen-bond donors (Lipinski definition) is 1. The fourth-order valence-electron chi connectivity index (χ4n) is 0.737. The molecule has 0 aliphatic carbocycles. The van der Waals surface area contributed by atoms with E-state index in [2.05, 4.69) is 0 Å². The molecule has 1 aliphatic rings. The van der Waals surface area contributed by atoms with Gasteiger partial charge in [0, 0.05) is 4.74 Å². The van der Waals surface area contributed by atoms with Gasteiger partial charge in [-0.25, -0.2) is 0 Å². The summed E-state index contributed by atoms with van der Waals surface area (Å²) in [4.78, 5) is 0. The lowest BCUT2D eigenvalue weighted by atomic mass is 10.1. The second-order valence-electron chi connectivity index (χ2n) is 2.24. The van der Waals surface area contributed by atoms with Crippen molar-refractivity contribution in [1.29, 1.82) is 0 Å². The predicted octanol–water partition coefficient (Wildman–Crippen LogP) is 1.58. The molecule has 1 aliphatic heterocycles. The van der Waals surface area contributed by atoms with Crippen LogP contribution in [0.2, 0.25) is 0 Å². The highest BCUT2D eigenvalue weighted by atomic mass is 35.5. The van der Waals surface area contributed by atoms with Crippen molar-refractivity contribution in [3.63, 3.8) is 0 Å². The van der Waals surface area contributed by atoms with Gasteiger partial charge in [-0.15, -0.1) is 0 Å². The molecule has 0 saturated carbocycles. The maximum Gasteiger partial charge on any atom is 0.301 e. The fourth-order valence-corrected chi connectivity index (χ4v) is 1.04. The number of nitrogens with zero attached hydrogens (tertiary/aromatic N) is 1. The van der Waals surface area contributed by atoms with E-state index in [0.717, 1.165) is 11.2 Å². The highest BCUT2D eigenvalue weighted by Crippen LogP contribution is 2.11. The van der Waals surface area contributed by atoms with Crippen molar-refractivity contribution in [1.82, 2.24) is 0 Å². The molecule has 0 saturated heterocycles. The largest absolute Gasteiger partial charge is 0.301 e. The Morgan fingerprint density at radius 3 is 3.00 bits per heavy atom. The first-order valence-electron chi connectivity index (χ1n) is 2.88. The molecule has 1 N–H and O–H groups in total. The third-order valence-electron chi connectivity index (χ3n) is 1.29. The van der Waals surface area contributed by atoms with Gasteiger partial charge in [0.2, 0.25) is 6.20 Å². The summed E-state index contributed by atoms with van der Waals surface area (Å²) in [5.74, 6) is 0.445. The van der Waals surface area contributed by atoms with Gasteiger partial charge in [-0.2, -0.15) is 0 Å². The van der Waals surface area contributed by atoms with Crippen LogP contribution in [0.15, 0.2) is 12.3 Å². The fraction of sp³-hybridized carbons (Fsp3) is 0.500. The van der Waals surface area contributed by atoms with Gasteiger partial charge in [0.25, 0.3) is 0 Å². The third-order valence-corrected chi connectivity index (χ3v) is 1.62. The van der Waals surface area contributed by atoms with Crippen LogP contribution < -0.4 is 0 Å². The molecule has 0 radical (unpaired) electrons. The Morgan fingerprint density at radius 2 is 2.56 bits per heavy atom. The van der Waals surface area contributed by atoms with Crippen LogP contribution in [0.4, 0.5) is 0 Å². The SMILES string of the molecule is CC1C=C[N+](O)=C(Cl)C1. The lowest BCUT2D eigenvalue weighted by Gasteiger charge is -2.03. The summed E-state index contributed by atoms with van der Waals surface area (Å²) >= 11 is 5.60. The van der Waals surface area contributed by atoms with Gasteiger partial charge in [0.05, 0.1) is 6.42 Å². The highest BCUT2D eigenvalue weighted by molar-refractivity contribution is 6.63. The Labute approximate surface area is 59.0 Å². The van der Waals surface area contributed by atoms with Crippen LogP contribution in [-0.4, -0.2) is 15.1 Å². The van der Waals surface area contributed by atoms with Gasteiger partial charge < -0.3 is 0 Å². The second kappa shape index (κ2) is 2.40. The van der Waals surface area contributed by atoms with Crippen LogP contribution in [0.1, 0.15) is 13.3 Å². The second-order valence-corrected chi connectivity index (χ2v) is 2.68. The summed E-state index contributed by atoms with van der Waals surface area (Å²) in [7, 11) is 0. The first-order valence-corrected chi connectivity index (χ1v) is 3.25. The first-order chi connectivity index (χ1) is 4.20. The quantitative estimate of drug-likeness (QED) is 0.407. The molecule has 1 unspecified atom stereocenters. The normalized spacial score (nSPS) is 27.1. The summed E-state index contributed by atoms with van der Waals surface area (Å²) in [5.41, 5.74) is 0. The zero-order chi connectivity index (χ0) is 6.85. The topological polar surface area (TPSA) is 23.2 Å². The van der Waals surface area contributed by atoms with Crippen molar-refractivity contribution in [2.75, 3.05) is 0 Å². The number of hydroxylamine groups is 1. The van der Waals surface area contributed by atoms with Crippen molar-refractivity contribution in [2.45, 2.75) is 13.3 Å². The van der Waals surface area contributed by atoms with E-state index in [1.165, 1.54) is 0 Å². The van der Waals surface area contributed by atoms with E-state index in [4.69, 9.17) is 16.8 Å². The maximum absolute atomic E-state index is 8.87. The van der Waals surface area contributed by atoms with Crippen molar-refractivity contribution >= 4 is 16.8 Å². The smallest absolute Gasteiger partial charge is 0.284 e. The third kappa shape index (κ3) is 1.45. The van der Waals surface area contributed by atoms with E-state index in [-0.39, 0.29) is 0 Å². The van der Waals surface area contributed by atoms with E-state index in [0.29, 0.717) is 11.1 Å². The Kier molecular flexibility index (Phi) is 1.76. The summed E-state index contributed by atoms with van der Waals surface area (Å²) in [6, 6.07) is 0. The molecule has 3 heteroatoms. The Hall–Kier alpha value is -0.500. The molecule has 0 fully saturated rings. The minimum atomic E-state index is 0.445. The molecular weight excluding hydrogens is 138 g/mol. The standard InChI is InChI=1S/C6H9ClNO/c1-5-2-3-8(9)6(7)4-5/h2-3,5,9H,4H2,1H3/q+1. The minimum Gasteiger partial charge on any atom is -0.284 e. The number of rotatable bonds is 0. The van der Waals surface area contributed by atoms with Gasteiger partial charge in [-0.05, 0) is 23.6 Å². The first kappa shape index (κ1) is 6.62. The van der Waals surface area contributed by atoms with Gasteiger partial charge in [-0.1, -0.05) is 6.92 Å². The average molecular weight is 147 g/mol. The number of allylic oxidation sites excluding steroid dienone is 1. The summed E-state index contributed by atoms with van der Waals surface area (Å²) in [5, 5.41) is 9.36. The highest BCUT2D eigenvalue weighted by Gasteiger charge is 2.17. The molecule has 0 spiro atoms. The lowest BCUT2D eigenvalue weighted by molar-refractivity contribution is -0.725. The lowest BCUT2D eigenvalue weighted by Crippen LogP contribution is -2.14. The molecule has 0 aromatic carbocycles. The van der Waals surface area contributed by atoms with E-state index in [1.807, 2.05) is 13.0 Å². The van der Waals surface area contributed by atoms with Crippen LogP contribution in [0, 0.1) is 5.92 Å². The number of halogens is 1. The van der Waals surface area contributed by atoms with Crippen LogP contribution in [0.3, 0.4) is 0 Å². The molecule has 1 heterocycles. The van der Waals surface area contributed by atoms with E-state index < -0.39 is 0 Å². The molecule has 1 atom stereocenters. The van der Waals surface area contributed by atoms with Crippen molar-refractivity contribution in [2.24, 2.45) is 5.92 Å². The minimum absolute atomic E-state index is 0.445. The van der Waals surface area contributed by atoms with Crippen LogP contribution >= 0.6 is 11.6 Å². The van der Waals surface area contributed by atoms with Crippen LogP contribution in [-0.2, 0) is 0 Å². The maximum atomic E-state index is 8.87. The number of hydrogen-bond acceptors (Lipinski definition) is 1. The molecule has 9 heavy (non-hydrogen) atoms. The summed E-state index contributed by atoms with van der Waals surface area (Å²) < 4.78 is 0.946. The molecule has 0 bridgehead atoms. The molecule has 1 rings (SSSR count). The molecule has 0 amide bonds. The van der Waals surface area contributed by atoms with Gasteiger partial charge in [0.15, 0.2) is 0 Å². The van der Waals surface area contributed by atoms with Crippen molar-refractivity contribution in [3.8, 4) is 0 Å². The molecule has 50 valence electrons. The van der Waals surface area contributed by atoms with Crippen LogP contribution in [0.25, 0.3) is 0 Å². The monoisotopic (exact) mass is 146 g/mol. The van der Waals surface area contributed by atoms with E-state index >= 15 is 0 Å². The van der Waals surface area contributed by atoms with E-state index in [9.17, 15) is 0 Å². The summed E-state index contributed by atoms with van der Waals surface area (Å²) in [6.45, 7) is 2.05. The Morgan fingerprint density at radius 1 is 1.89 bits per heavy atom. The zero-order valence-electron chi connectivity index (χ0n) is 5.21. The van der Waals surface area contributed by atoms with Crippen LogP contribution in [0.5, 0.6) is 0 Å². The van der Waals surface area contributed by atoms with Gasteiger partial charge >= 0.3 is 5.17 Å². The van der Waals surface area contributed by atoms with Gasteiger partial charge in [-0.3, -0.25) is 5.21 Å². The summed E-state index contributed by atoms with van der Waals surface area (Å²) in [6.07, 6.45) is 4.21. The molecule has 2 nitrogen and oxygen atoms in total. The molecule has 0 aromatic heterocycles. The Balaban J connectivity index is 2.75. The predicted molar refractivity (Wildman–Crippen MR) is 35.8 cm³/mol. The van der Waals surface area contributed by atoms with Crippen molar-refractivity contribution < 1.29 is 9.95 Å².